The van der Waals surface area contributed by atoms with E-state index in [1.165, 1.54) is 32.1 Å². The average molecular weight is 211 g/mol. The fraction of sp³-hybridized carbons (Fsp3) is 0.846. The van der Waals surface area contributed by atoms with Crippen LogP contribution in [0.4, 0.5) is 0 Å². The van der Waals surface area contributed by atoms with E-state index in [9.17, 15) is 0 Å². The van der Waals surface area contributed by atoms with E-state index in [2.05, 4.69) is 11.9 Å². The van der Waals surface area contributed by atoms with Crippen LogP contribution in [0.3, 0.4) is 0 Å². The number of allylic oxidation sites excluding steroid dienone is 1. The van der Waals surface area contributed by atoms with Crippen molar-refractivity contribution in [3.8, 4) is 0 Å². The fourth-order valence-electron chi connectivity index (χ4n) is 1.52. The normalized spacial score (nSPS) is 15.5. The van der Waals surface area contributed by atoms with Gasteiger partial charge < -0.3 is 10.1 Å². The highest BCUT2D eigenvalue weighted by Crippen LogP contribution is 2.28. The van der Waals surface area contributed by atoms with Crippen LogP contribution in [0.15, 0.2) is 12.7 Å². The van der Waals surface area contributed by atoms with Crippen LogP contribution in [0.25, 0.3) is 0 Å². The predicted octanol–water partition coefficient (Wildman–Crippen LogP) is 2.75. The van der Waals surface area contributed by atoms with Gasteiger partial charge in [-0.05, 0) is 44.6 Å². The minimum absolute atomic E-state index is 0.878. The average Bonchev–Trinajstić information content (AvgIpc) is 3.05. The Bertz CT molecular complexity index is 155. The molecule has 0 aliphatic heterocycles. The van der Waals surface area contributed by atoms with Gasteiger partial charge in [0.15, 0.2) is 0 Å². The van der Waals surface area contributed by atoms with Gasteiger partial charge in [-0.3, -0.25) is 0 Å². The summed E-state index contributed by atoms with van der Waals surface area (Å²) in [7, 11) is 0. The Labute approximate surface area is 94.1 Å². The van der Waals surface area contributed by atoms with Crippen molar-refractivity contribution in [2.24, 2.45) is 5.92 Å². The van der Waals surface area contributed by atoms with Crippen LogP contribution in [-0.4, -0.2) is 26.3 Å². The van der Waals surface area contributed by atoms with Gasteiger partial charge in [-0.25, -0.2) is 0 Å². The first-order chi connectivity index (χ1) is 7.43. The van der Waals surface area contributed by atoms with Gasteiger partial charge in [0, 0.05) is 13.2 Å². The monoisotopic (exact) mass is 211 g/mol. The SMILES string of the molecule is C=CCCCCCNCCOCC1CC1. The molecule has 1 saturated carbocycles. The summed E-state index contributed by atoms with van der Waals surface area (Å²) in [5.74, 6) is 0.893. The molecule has 1 rings (SSSR count). The molecule has 1 N–H and O–H groups in total. The molecule has 0 bridgehead atoms. The molecule has 0 atom stereocenters. The maximum absolute atomic E-state index is 5.53. The summed E-state index contributed by atoms with van der Waals surface area (Å²) in [6.45, 7) is 7.72. The maximum Gasteiger partial charge on any atom is 0.0591 e. The van der Waals surface area contributed by atoms with Gasteiger partial charge in [0.25, 0.3) is 0 Å². The van der Waals surface area contributed by atoms with E-state index in [1.807, 2.05) is 6.08 Å². The van der Waals surface area contributed by atoms with Crippen molar-refractivity contribution >= 4 is 0 Å². The van der Waals surface area contributed by atoms with Gasteiger partial charge in [0.2, 0.25) is 0 Å². The molecule has 0 saturated heterocycles. The second-order valence-corrected chi connectivity index (χ2v) is 4.41. The molecule has 1 aliphatic carbocycles. The highest BCUT2D eigenvalue weighted by molar-refractivity contribution is 4.71. The van der Waals surface area contributed by atoms with Crippen LogP contribution in [0, 0.1) is 5.92 Å². The summed E-state index contributed by atoms with van der Waals surface area (Å²) in [5, 5.41) is 3.41. The Hall–Kier alpha value is -0.340. The highest BCUT2D eigenvalue weighted by Gasteiger charge is 2.20. The number of nitrogens with one attached hydrogen (secondary N) is 1. The van der Waals surface area contributed by atoms with Crippen molar-refractivity contribution in [3.05, 3.63) is 12.7 Å². The number of rotatable bonds is 11. The van der Waals surface area contributed by atoms with Crippen LogP contribution in [0.5, 0.6) is 0 Å². The smallest absolute Gasteiger partial charge is 0.0591 e. The molecule has 88 valence electrons. The molecule has 15 heavy (non-hydrogen) atoms. The van der Waals surface area contributed by atoms with E-state index < -0.39 is 0 Å². The van der Waals surface area contributed by atoms with E-state index in [-0.39, 0.29) is 0 Å². The molecule has 0 aromatic rings. The summed E-state index contributed by atoms with van der Waals surface area (Å²) < 4.78 is 5.53. The van der Waals surface area contributed by atoms with E-state index in [1.54, 1.807) is 0 Å². The number of ether oxygens (including phenoxy) is 1. The van der Waals surface area contributed by atoms with Crippen LogP contribution in [0.1, 0.15) is 38.5 Å². The largest absolute Gasteiger partial charge is 0.380 e. The molecule has 2 heteroatoms. The number of unbranched alkanes of at least 4 members (excludes halogenated alkanes) is 3. The van der Waals surface area contributed by atoms with Gasteiger partial charge in [0.05, 0.1) is 6.61 Å². The third-order valence-electron chi connectivity index (χ3n) is 2.74. The summed E-state index contributed by atoms with van der Waals surface area (Å²) in [4.78, 5) is 0. The quantitative estimate of drug-likeness (QED) is 0.419. The fourth-order valence-corrected chi connectivity index (χ4v) is 1.52. The Morgan fingerprint density at radius 1 is 1.20 bits per heavy atom. The first-order valence-corrected chi connectivity index (χ1v) is 6.33. The van der Waals surface area contributed by atoms with Gasteiger partial charge >= 0.3 is 0 Å². The standard InChI is InChI=1S/C13H25NO/c1-2-3-4-5-6-9-14-10-11-15-12-13-7-8-13/h2,13-14H,1,3-12H2. The third-order valence-corrected chi connectivity index (χ3v) is 2.74. The Morgan fingerprint density at radius 2 is 2.07 bits per heavy atom. The molecule has 0 aromatic carbocycles. The zero-order chi connectivity index (χ0) is 10.8. The van der Waals surface area contributed by atoms with Gasteiger partial charge in [-0.15, -0.1) is 6.58 Å². The van der Waals surface area contributed by atoms with Crippen molar-refractivity contribution in [2.45, 2.75) is 38.5 Å². The summed E-state index contributed by atoms with van der Waals surface area (Å²) in [6, 6.07) is 0. The molecule has 2 nitrogen and oxygen atoms in total. The topological polar surface area (TPSA) is 21.3 Å². The van der Waals surface area contributed by atoms with Crippen LogP contribution in [0.2, 0.25) is 0 Å². The molecule has 1 aliphatic rings. The van der Waals surface area contributed by atoms with E-state index >= 15 is 0 Å². The van der Waals surface area contributed by atoms with Crippen LogP contribution in [-0.2, 0) is 4.74 Å². The van der Waals surface area contributed by atoms with E-state index in [0.29, 0.717) is 0 Å². The highest BCUT2D eigenvalue weighted by atomic mass is 16.5. The lowest BCUT2D eigenvalue weighted by Gasteiger charge is -2.05. The molecule has 0 radical (unpaired) electrons. The molecule has 0 amide bonds. The van der Waals surface area contributed by atoms with E-state index in [0.717, 1.165) is 38.6 Å². The lowest BCUT2D eigenvalue weighted by Crippen LogP contribution is -2.21. The van der Waals surface area contributed by atoms with Crippen molar-refractivity contribution in [3.63, 3.8) is 0 Å². The van der Waals surface area contributed by atoms with Crippen molar-refractivity contribution < 1.29 is 4.74 Å². The van der Waals surface area contributed by atoms with Crippen LogP contribution >= 0.6 is 0 Å². The van der Waals surface area contributed by atoms with Gasteiger partial charge in [-0.1, -0.05) is 12.5 Å². The van der Waals surface area contributed by atoms with E-state index in [4.69, 9.17) is 4.74 Å². The lowest BCUT2D eigenvalue weighted by atomic mass is 10.2. The van der Waals surface area contributed by atoms with Crippen LogP contribution < -0.4 is 5.32 Å². The lowest BCUT2D eigenvalue weighted by molar-refractivity contribution is 0.126. The Kier molecular flexibility index (Phi) is 7.58. The second-order valence-electron chi connectivity index (χ2n) is 4.41. The molecule has 1 fully saturated rings. The van der Waals surface area contributed by atoms with Gasteiger partial charge in [-0.2, -0.15) is 0 Å². The maximum atomic E-state index is 5.53. The number of hydrogen-bond acceptors (Lipinski definition) is 2. The molecule has 0 aromatic heterocycles. The molecular weight excluding hydrogens is 186 g/mol. The first-order valence-electron chi connectivity index (χ1n) is 6.33. The Morgan fingerprint density at radius 3 is 2.80 bits per heavy atom. The predicted molar refractivity (Wildman–Crippen MR) is 65.1 cm³/mol. The van der Waals surface area contributed by atoms with Crippen molar-refractivity contribution in [2.75, 3.05) is 26.3 Å². The van der Waals surface area contributed by atoms with Gasteiger partial charge in [0.1, 0.15) is 0 Å². The summed E-state index contributed by atoms with van der Waals surface area (Å²) >= 11 is 0. The summed E-state index contributed by atoms with van der Waals surface area (Å²) in [6.07, 6.45) is 9.79. The minimum atomic E-state index is 0.878. The molecule has 0 spiro atoms. The number of hydrogen-bond donors (Lipinski definition) is 1. The zero-order valence-corrected chi connectivity index (χ0v) is 9.84. The third kappa shape index (κ3) is 8.64. The summed E-state index contributed by atoms with van der Waals surface area (Å²) in [5.41, 5.74) is 0. The minimum Gasteiger partial charge on any atom is -0.380 e. The second kappa shape index (κ2) is 8.93. The van der Waals surface area contributed by atoms with Crippen molar-refractivity contribution in [1.82, 2.24) is 5.32 Å². The molecular formula is C13H25NO. The zero-order valence-electron chi connectivity index (χ0n) is 9.84. The first kappa shape index (κ1) is 12.7. The molecule has 0 unspecified atom stereocenters. The van der Waals surface area contributed by atoms with Crippen molar-refractivity contribution in [1.29, 1.82) is 0 Å². The Balaban J connectivity index is 1.63. The molecule has 0 heterocycles.